The number of ether oxygens (including phenoxy) is 3. The number of aliphatic hydroxyl groups excluding tert-OH is 1. The van der Waals surface area contributed by atoms with Crippen LogP contribution < -0.4 is 9.47 Å². The summed E-state index contributed by atoms with van der Waals surface area (Å²) in [5.74, 6) is -0.307. The van der Waals surface area contributed by atoms with E-state index in [0.717, 1.165) is 38.4 Å². The van der Waals surface area contributed by atoms with Crippen molar-refractivity contribution in [3.05, 3.63) is 23.8 Å². The predicted molar refractivity (Wildman–Crippen MR) is 103 cm³/mol. The maximum Gasteiger partial charge on any atom is 0.310 e. The first kappa shape index (κ1) is 20.9. The number of rotatable bonds is 8. The third-order valence-corrected chi connectivity index (χ3v) is 5.38. The summed E-state index contributed by atoms with van der Waals surface area (Å²) in [6.07, 6.45) is -0.306. The van der Waals surface area contributed by atoms with E-state index in [0.29, 0.717) is 44.2 Å². The number of carboxylic acid groups (broad SMARTS) is 1. The Morgan fingerprint density at radius 3 is 2.71 bits per heavy atom. The molecule has 2 aliphatic heterocycles. The van der Waals surface area contributed by atoms with Gasteiger partial charge in [-0.3, -0.25) is 14.6 Å². The minimum Gasteiger partial charge on any atom is -0.493 e. The number of carbonyl (C=O) groups is 1. The molecule has 2 N–H and O–H groups in total. The number of methoxy groups -OCH3 is 1. The van der Waals surface area contributed by atoms with Crippen LogP contribution in [0.25, 0.3) is 0 Å². The number of aliphatic carboxylic acids is 1. The number of piperidine rings is 1. The summed E-state index contributed by atoms with van der Waals surface area (Å²) in [6.45, 7) is 6.40. The van der Waals surface area contributed by atoms with Crippen LogP contribution in [0.4, 0.5) is 0 Å². The molecule has 0 amide bonds. The summed E-state index contributed by atoms with van der Waals surface area (Å²) in [5.41, 5.74) is 1.03. The number of nitrogens with zero attached hydrogens (tertiary/aromatic N) is 2. The van der Waals surface area contributed by atoms with E-state index in [9.17, 15) is 15.0 Å². The highest BCUT2D eigenvalue weighted by Crippen LogP contribution is 2.29. The van der Waals surface area contributed by atoms with Crippen LogP contribution in [0.1, 0.15) is 12.0 Å². The molecule has 2 atom stereocenters. The van der Waals surface area contributed by atoms with Crippen molar-refractivity contribution in [1.29, 1.82) is 0 Å². The summed E-state index contributed by atoms with van der Waals surface area (Å²) in [7, 11) is 1.62. The van der Waals surface area contributed by atoms with Gasteiger partial charge in [-0.2, -0.15) is 0 Å². The zero-order chi connectivity index (χ0) is 19.9. The first-order chi connectivity index (χ1) is 13.6. The van der Waals surface area contributed by atoms with Crippen molar-refractivity contribution in [2.75, 3.05) is 59.7 Å². The minimum absolute atomic E-state index is 0.343. The monoisotopic (exact) mass is 394 g/mol. The van der Waals surface area contributed by atoms with Crippen molar-refractivity contribution in [3.63, 3.8) is 0 Å². The van der Waals surface area contributed by atoms with Gasteiger partial charge in [0.05, 0.1) is 32.3 Å². The van der Waals surface area contributed by atoms with Gasteiger partial charge in [-0.05, 0) is 24.1 Å². The largest absolute Gasteiger partial charge is 0.493 e. The van der Waals surface area contributed by atoms with Crippen LogP contribution in [0.5, 0.6) is 11.5 Å². The normalized spacial score (nSPS) is 24.1. The average molecular weight is 394 g/mol. The lowest BCUT2D eigenvalue weighted by molar-refractivity contribution is -0.149. The molecular weight excluding hydrogens is 364 g/mol. The highest BCUT2D eigenvalue weighted by Gasteiger charge is 2.33. The number of hydrogen-bond acceptors (Lipinski definition) is 7. The first-order valence-corrected chi connectivity index (χ1v) is 9.80. The molecule has 1 aromatic rings. The van der Waals surface area contributed by atoms with Crippen molar-refractivity contribution >= 4 is 5.97 Å². The summed E-state index contributed by atoms with van der Waals surface area (Å²) in [4.78, 5) is 15.7. The number of carboxylic acids is 1. The lowest BCUT2D eigenvalue weighted by Gasteiger charge is -2.34. The van der Waals surface area contributed by atoms with Crippen LogP contribution >= 0.6 is 0 Å². The topological polar surface area (TPSA) is 91.7 Å². The molecule has 156 valence electrons. The molecule has 2 fully saturated rings. The Hall–Kier alpha value is -1.87. The van der Waals surface area contributed by atoms with Gasteiger partial charge in [0, 0.05) is 39.3 Å². The van der Waals surface area contributed by atoms with E-state index < -0.39 is 18.0 Å². The summed E-state index contributed by atoms with van der Waals surface area (Å²) >= 11 is 0. The van der Waals surface area contributed by atoms with Gasteiger partial charge in [-0.15, -0.1) is 0 Å². The van der Waals surface area contributed by atoms with Crippen LogP contribution in [0, 0.1) is 5.92 Å². The van der Waals surface area contributed by atoms with Crippen molar-refractivity contribution < 1.29 is 29.2 Å². The van der Waals surface area contributed by atoms with E-state index in [1.807, 2.05) is 18.2 Å². The van der Waals surface area contributed by atoms with Crippen molar-refractivity contribution in [2.24, 2.45) is 5.92 Å². The average Bonchev–Trinajstić information content (AvgIpc) is 2.70. The summed E-state index contributed by atoms with van der Waals surface area (Å²) < 4.78 is 16.7. The molecule has 1 aromatic carbocycles. The van der Waals surface area contributed by atoms with E-state index in [-0.39, 0.29) is 0 Å². The van der Waals surface area contributed by atoms with E-state index in [4.69, 9.17) is 14.2 Å². The molecule has 2 saturated heterocycles. The van der Waals surface area contributed by atoms with Crippen molar-refractivity contribution in [3.8, 4) is 11.5 Å². The molecule has 3 rings (SSSR count). The van der Waals surface area contributed by atoms with Crippen molar-refractivity contribution in [1.82, 2.24) is 9.80 Å². The SMILES string of the molecule is COc1ccc(CN2CC[C@@H](O)[C@H](C(=O)O)C2)cc1OCCN1CCOCC1. The fourth-order valence-electron chi connectivity index (χ4n) is 3.69. The van der Waals surface area contributed by atoms with Crippen LogP contribution in [-0.2, 0) is 16.1 Å². The van der Waals surface area contributed by atoms with Crippen LogP contribution in [0.3, 0.4) is 0 Å². The fraction of sp³-hybridized carbons (Fsp3) is 0.650. The lowest BCUT2D eigenvalue weighted by Crippen LogP contribution is -2.46. The number of aliphatic hydroxyl groups is 1. The second-order valence-corrected chi connectivity index (χ2v) is 7.32. The number of hydrogen-bond donors (Lipinski definition) is 2. The Morgan fingerprint density at radius 2 is 2.00 bits per heavy atom. The number of likely N-dealkylation sites (tertiary alicyclic amines) is 1. The molecule has 0 radical (unpaired) electrons. The van der Waals surface area contributed by atoms with Crippen LogP contribution in [-0.4, -0.2) is 91.7 Å². The molecule has 2 heterocycles. The zero-order valence-corrected chi connectivity index (χ0v) is 16.4. The smallest absolute Gasteiger partial charge is 0.310 e. The van der Waals surface area contributed by atoms with Gasteiger partial charge in [0.25, 0.3) is 0 Å². The van der Waals surface area contributed by atoms with Gasteiger partial charge >= 0.3 is 5.97 Å². The minimum atomic E-state index is -0.945. The van der Waals surface area contributed by atoms with E-state index in [1.54, 1.807) is 7.11 Å². The highest BCUT2D eigenvalue weighted by molar-refractivity contribution is 5.71. The molecular formula is C20H30N2O6. The zero-order valence-electron chi connectivity index (χ0n) is 16.4. The van der Waals surface area contributed by atoms with Crippen LogP contribution in [0.15, 0.2) is 18.2 Å². The van der Waals surface area contributed by atoms with Gasteiger partial charge in [-0.1, -0.05) is 6.07 Å². The Balaban J connectivity index is 1.57. The number of benzene rings is 1. The van der Waals surface area contributed by atoms with Gasteiger partial charge in [-0.25, -0.2) is 0 Å². The lowest BCUT2D eigenvalue weighted by atomic mass is 9.94. The Labute approximate surface area is 165 Å². The maximum atomic E-state index is 11.3. The molecule has 8 heteroatoms. The van der Waals surface area contributed by atoms with Crippen molar-refractivity contribution in [2.45, 2.75) is 19.1 Å². The van der Waals surface area contributed by atoms with Gasteiger partial charge in [0.2, 0.25) is 0 Å². The summed E-state index contributed by atoms with van der Waals surface area (Å²) in [5, 5.41) is 19.2. The standard InChI is InChI=1S/C20H30N2O6/c1-26-18-3-2-15(13-22-5-4-17(23)16(14-22)20(24)25)12-19(18)28-11-8-21-6-9-27-10-7-21/h2-3,12,16-17,23H,4-11,13-14H2,1H3,(H,24,25)/t16-,17-/m1/s1. The molecule has 2 aliphatic rings. The first-order valence-electron chi connectivity index (χ1n) is 9.80. The Bertz CT molecular complexity index is 650. The van der Waals surface area contributed by atoms with Gasteiger partial charge in [0.15, 0.2) is 11.5 Å². The second-order valence-electron chi connectivity index (χ2n) is 7.32. The Kier molecular flexibility index (Phi) is 7.50. The fourth-order valence-corrected chi connectivity index (χ4v) is 3.69. The molecule has 0 spiro atoms. The molecule has 0 aromatic heterocycles. The third-order valence-electron chi connectivity index (χ3n) is 5.38. The summed E-state index contributed by atoms with van der Waals surface area (Å²) in [6, 6.07) is 5.81. The van der Waals surface area contributed by atoms with E-state index in [1.165, 1.54) is 0 Å². The molecule has 0 bridgehead atoms. The van der Waals surface area contributed by atoms with E-state index >= 15 is 0 Å². The molecule has 8 nitrogen and oxygen atoms in total. The molecule has 0 aliphatic carbocycles. The maximum absolute atomic E-state index is 11.3. The second kappa shape index (κ2) is 10.1. The molecule has 0 unspecified atom stereocenters. The third kappa shape index (κ3) is 5.57. The molecule has 0 saturated carbocycles. The van der Waals surface area contributed by atoms with Crippen LogP contribution in [0.2, 0.25) is 0 Å². The highest BCUT2D eigenvalue weighted by atomic mass is 16.5. The van der Waals surface area contributed by atoms with Gasteiger partial charge in [0.1, 0.15) is 6.61 Å². The molecule has 28 heavy (non-hydrogen) atoms. The predicted octanol–water partition coefficient (Wildman–Crippen LogP) is 0.674. The number of morpholine rings is 1. The quantitative estimate of drug-likeness (QED) is 0.665. The van der Waals surface area contributed by atoms with E-state index in [2.05, 4.69) is 9.80 Å². The Morgan fingerprint density at radius 1 is 1.21 bits per heavy atom. The van der Waals surface area contributed by atoms with Gasteiger partial charge < -0.3 is 24.4 Å².